The molecule has 1 aliphatic heterocycles. The number of furan rings is 1. The first-order chi connectivity index (χ1) is 14.6. The Hall–Kier alpha value is -3.46. The molecule has 8 nitrogen and oxygen atoms in total. The maximum Gasteiger partial charge on any atom is 0.336 e. The van der Waals surface area contributed by atoms with Crippen LogP contribution in [-0.2, 0) is 19.1 Å². The van der Waals surface area contributed by atoms with E-state index in [1.54, 1.807) is 42.1 Å². The molecule has 30 heavy (non-hydrogen) atoms. The van der Waals surface area contributed by atoms with Crippen molar-refractivity contribution < 1.29 is 23.5 Å². The Morgan fingerprint density at radius 2 is 1.93 bits per heavy atom. The molecule has 9 heteroatoms. The van der Waals surface area contributed by atoms with Crippen LogP contribution in [0, 0.1) is 0 Å². The summed E-state index contributed by atoms with van der Waals surface area (Å²) in [6.07, 6.45) is 4.31. The van der Waals surface area contributed by atoms with Crippen LogP contribution in [0.25, 0.3) is 6.08 Å². The Balaban J connectivity index is 1.58. The summed E-state index contributed by atoms with van der Waals surface area (Å²) >= 11 is 1.60. The van der Waals surface area contributed by atoms with Crippen molar-refractivity contribution in [1.82, 2.24) is 5.32 Å². The van der Waals surface area contributed by atoms with Crippen molar-refractivity contribution in [2.75, 3.05) is 35.8 Å². The van der Waals surface area contributed by atoms with Crippen molar-refractivity contribution in [3.63, 3.8) is 0 Å². The highest BCUT2D eigenvalue weighted by atomic mass is 32.2. The number of nitrogens with one attached hydrogen (secondary N) is 3. The van der Waals surface area contributed by atoms with Crippen molar-refractivity contribution >= 4 is 47.0 Å². The van der Waals surface area contributed by atoms with E-state index in [-0.39, 0.29) is 18.4 Å². The highest BCUT2D eigenvalue weighted by molar-refractivity contribution is 8.00. The number of thioether (sulfide) groups is 1. The highest BCUT2D eigenvalue weighted by Crippen LogP contribution is 2.29. The van der Waals surface area contributed by atoms with Crippen molar-refractivity contribution in [2.45, 2.75) is 0 Å². The molecular formula is C21H21N3O5S. The maximum atomic E-state index is 12.3. The number of benzene rings is 1. The van der Waals surface area contributed by atoms with E-state index >= 15 is 0 Å². The number of hydrogen-bond acceptors (Lipinski definition) is 7. The van der Waals surface area contributed by atoms with Gasteiger partial charge in [-0.25, -0.2) is 4.79 Å². The second-order valence-corrected chi connectivity index (χ2v) is 7.21. The van der Waals surface area contributed by atoms with E-state index in [1.807, 2.05) is 6.07 Å². The Kier molecular flexibility index (Phi) is 7.34. The molecule has 0 saturated heterocycles. The number of ether oxygens (including phenoxy) is 1. The van der Waals surface area contributed by atoms with Crippen LogP contribution in [0.2, 0.25) is 0 Å². The van der Waals surface area contributed by atoms with Gasteiger partial charge in [-0.15, -0.1) is 0 Å². The minimum absolute atomic E-state index is 0.193. The number of anilines is 2. The predicted molar refractivity (Wildman–Crippen MR) is 116 cm³/mol. The van der Waals surface area contributed by atoms with Crippen LogP contribution in [0.5, 0.6) is 0 Å². The number of rotatable bonds is 8. The van der Waals surface area contributed by atoms with Crippen molar-refractivity contribution in [1.29, 1.82) is 0 Å². The second kappa shape index (κ2) is 10.4. The molecule has 3 rings (SSSR count). The van der Waals surface area contributed by atoms with Gasteiger partial charge in [-0.1, -0.05) is 12.1 Å². The molecule has 1 aromatic heterocycles. The van der Waals surface area contributed by atoms with E-state index in [1.165, 1.54) is 25.5 Å². The lowest BCUT2D eigenvalue weighted by molar-refractivity contribution is -0.136. The number of esters is 1. The molecule has 0 saturated carbocycles. The first-order valence-electron chi connectivity index (χ1n) is 9.10. The van der Waals surface area contributed by atoms with Crippen LogP contribution in [0.15, 0.2) is 64.4 Å². The molecule has 0 bridgehead atoms. The third-order valence-corrected chi connectivity index (χ3v) is 5.13. The Morgan fingerprint density at radius 3 is 2.67 bits per heavy atom. The Labute approximate surface area is 177 Å². The molecule has 0 aliphatic carbocycles. The fourth-order valence-corrected chi connectivity index (χ4v) is 3.72. The van der Waals surface area contributed by atoms with E-state index in [2.05, 4.69) is 16.0 Å². The zero-order valence-corrected chi connectivity index (χ0v) is 17.1. The number of para-hydroxylation sites is 2. The predicted octanol–water partition coefficient (Wildman–Crippen LogP) is 2.63. The van der Waals surface area contributed by atoms with Gasteiger partial charge in [-0.05, 0) is 30.3 Å². The first kappa shape index (κ1) is 21.3. The second-order valence-electron chi connectivity index (χ2n) is 6.23. The standard InChI is InChI=1S/C21H21N3O5S/c1-28-21(27)15-12-30-13-18(15)23-16-6-2-3-7-17(16)24-20(26)11-22-19(25)9-8-14-5-4-10-29-14/h2-10,23H,11-13H2,1H3,(H,22,25)(H,24,26). The molecule has 0 unspecified atom stereocenters. The molecule has 2 heterocycles. The normalized spacial score (nSPS) is 13.4. The van der Waals surface area contributed by atoms with E-state index in [0.717, 1.165) is 5.70 Å². The lowest BCUT2D eigenvalue weighted by atomic mass is 10.2. The fraction of sp³-hybridized carbons (Fsp3) is 0.190. The van der Waals surface area contributed by atoms with Gasteiger partial charge in [0, 0.05) is 23.3 Å². The Bertz CT molecular complexity index is 982. The monoisotopic (exact) mass is 427 g/mol. The van der Waals surface area contributed by atoms with Crippen LogP contribution >= 0.6 is 11.8 Å². The summed E-state index contributed by atoms with van der Waals surface area (Å²) < 4.78 is 9.92. The summed E-state index contributed by atoms with van der Waals surface area (Å²) in [5.41, 5.74) is 2.52. The van der Waals surface area contributed by atoms with Crippen LogP contribution in [-0.4, -0.2) is 42.9 Å². The average Bonchev–Trinajstić information content (AvgIpc) is 3.43. The van der Waals surface area contributed by atoms with Gasteiger partial charge >= 0.3 is 5.97 Å². The van der Waals surface area contributed by atoms with Gasteiger partial charge in [-0.3, -0.25) is 9.59 Å². The molecule has 3 N–H and O–H groups in total. The van der Waals surface area contributed by atoms with E-state index < -0.39 is 5.91 Å². The molecular weight excluding hydrogens is 406 g/mol. The SMILES string of the molecule is COC(=O)C1=C(Nc2ccccc2NC(=O)CNC(=O)C=Cc2ccco2)CSC1. The van der Waals surface area contributed by atoms with Gasteiger partial charge < -0.3 is 25.1 Å². The molecule has 0 fully saturated rings. The van der Waals surface area contributed by atoms with Gasteiger partial charge in [0.25, 0.3) is 0 Å². The summed E-state index contributed by atoms with van der Waals surface area (Å²) in [6, 6.07) is 10.6. The number of carbonyl (C=O) groups excluding carboxylic acids is 3. The number of hydrogen-bond donors (Lipinski definition) is 3. The largest absolute Gasteiger partial charge is 0.466 e. The van der Waals surface area contributed by atoms with Crippen molar-refractivity contribution in [2.24, 2.45) is 0 Å². The molecule has 0 radical (unpaired) electrons. The average molecular weight is 427 g/mol. The zero-order valence-electron chi connectivity index (χ0n) is 16.3. The van der Waals surface area contributed by atoms with E-state index in [0.29, 0.717) is 34.2 Å². The molecule has 1 aliphatic rings. The molecule has 0 atom stereocenters. The van der Waals surface area contributed by atoms with Gasteiger partial charge in [0.1, 0.15) is 5.76 Å². The summed E-state index contributed by atoms with van der Waals surface area (Å²) in [7, 11) is 1.35. The van der Waals surface area contributed by atoms with Crippen LogP contribution in [0.4, 0.5) is 11.4 Å². The summed E-state index contributed by atoms with van der Waals surface area (Å²) in [6.45, 7) is -0.193. The minimum atomic E-state index is -0.413. The van der Waals surface area contributed by atoms with E-state index in [9.17, 15) is 14.4 Å². The topological polar surface area (TPSA) is 110 Å². The third kappa shape index (κ3) is 5.77. The van der Waals surface area contributed by atoms with Gasteiger partial charge in [0.15, 0.2) is 0 Å². The molecule has 1 aromatic carbocycles. The van der Waals surface area contributed by atoms with Crippen LogP contribution in [0.1, 0.15) is 5.76 Å². The summed E-state index contributed by atoms with van der Waals surface area (Å²) in [5, 5.41) is 8.49. The lowest BCUT2D eigenvalue weighted by Gasteiger charge is -2.14. The van der Waals surface area contributed by atoms with Crippen LogP contribution in [0.3, 0.4) is 0 Å². The minimum Gasteiger partial charge on any atom is -0.466 e. The summed E-state index contributed by atoms with van der Waals surface area (Å²) in [4.78, 5) is 36.0. The molecule has 156 valence electrons. The third-order valence-electron chi connectivity index (χ3n) is 4.14. The molecule has 2 amide bonds. The lowest BCUT2D eigenvalue weighted by Crippen LogP contribution is -2.31. The van der Waals surface area contributed by atoms with Crippen LogP contribution < -0.4 is 16.0 Å². The number of methoxy groups -OCH3 is 1. The van der Waals surface area contributed by atoms with E-state index in [4.69, 9.17) is 9.15 Å². The Morgan fingerprint density at radius 1 is 1.13 bits per heavy atom. The van der Waals surface area contributed by atoms with Crippen molar-refractivity contribution in [3.8, 4) is 0 Å². The van der Waals surface area contributed by atoms with Crippen molar-refractivity contribution in [3.05, 3.63) is 65.8 Å². The van der Waals surface area contributed by atoms with Gasteiger partial charge in [0.05, 0.1) is 36.9 Å². The van der Waals surface area contributed by atoms with Gasteiger partial charge in [-0.2, -0.15) is 11.8 Å². The maximum absolute atomic E-state index is 12.3. The smallest absolute Gasteiger partial charge is 0.336 e. The first-order valence-corrected chi connectivity index (χ1v) is 10.3. The number of carbonyl (C=O) groups is 3. The highest BCUT2D eigenvalue weighted by Gasteiger charge is 2.22. The summed E-state index contributed by atoms with van der Waals surface area (Å²) in [5.74, 6) is 0.594. The quantitative estimate of drug-likeness (QED) is 0.439. The zero-order chi connectivity index (χ0) is 21.3. The number of amides is 2. The molecule has 0 spiro atoms. The fourth-order valence-electron chi connectivity index (χ4n) is 2.67. The molecule has 2 aromatic rings. The van der Waals surface area contributed by atoms with Gasteiger partial charge in [0.2, 0.25) is 11.8 Å².